The Hall–Kier alpha value is -8.82. The van der Waals surface area contributed by atoms with Crippen LogP contribution in [0.1, 0.15) is 344 Å². The summed E-state index contributed by atoms with van der Waals surface area (Å²) in [6.07, 6.45) is 8.84. The number of carbonyl (C=O) groups excluding carboxylic acids is 2. The fraction of sp³-hybridized carbons (Fsp3) is 0.519. The van der Waals surface area contributed by atoms with Crippen molar-refractivity contribution < 1.29 is 67.5 Å². The lowest BCUT2D eigenvalue weighted by atomic mass is 9.91. The molecule has 656 valence electrons. The first kappa shape index (κ1) is 107. The summed E-state index contributed by atoms with van der Waals surface area (Å²) >= 11 is 0. The molecule has 14 nitrogen and oxygen atoms in total. The van der Waals surface area contributed by atoms with Crippen LogP contribution in [-0.2, 0) is 23.7 Å². The molecule has 0 aromatic heterocycles. The van der Waals surface area contributed by atoms with Crippen molar-refractivity contribution >= 4 is 11.9 Å². The van der Waals surface area contributed by atoms with Crippen LogP contribution in [0.25, 0.3) is 0 Å². The third-order valence-electron chi connectivity index (χ3n) is 20.7. The van der Waals surface area contributed by atoms with Crippen molar-refractivity contribution in [2.75, 3.05) is 26.4 Å². The molecule has 0 aliphatic rings. The predicted octanol–water partition coefficient (Wildman–Crippen LogP) is 29.7. The summed E-state index contributed by atoms with van der Waals surface area (Å²) in [5.74, 6) is 9.74. The molecule has 0 radical (unpaired) electrons. The van der Waals surface area contributed by atoms with E-state index in [4.69, 9.17) is 58.0 Å². The van der Waals surface area contributed by atoms with Gasteiger partial charge in [-0.2, -0.15) is 0 Å². The number of carbonyl (C=O) groups is 2. The van der Waals surface area contributed by atoms with Crippen LogP contribution in [0.5, 0.6) is 46.0 Å². The third kappa shape index (κ3) is 45.9. The van der Waals surface area contributed by atoms with E-state index in [1.807, 2.05) is 152 Å². The monoisotopic (exact) mass is 1630 g/mol. The van der Waals surface area contributed by atoms with Crippen LogP contribution in [0.4, 0.5) is 4.79 Å². The molecule has 8 rings (SSSR count). The average Bonchev–Trinajstić information content (AvgIpc) is 0.956. The quantitative estimate of drug-likeness (QED) is 0.0201. The molecule has 0 bridgehead atoms. The lowest BCUT2D eigenvalue weighted by molar-refractivity contribution is -0.128. The summed E-state index contributed by atoms with van der Waals surface area (Å²) in [4.78, 5) is 23.2. The van der Waals surface area contributed by atoms with Gasteiger partial charge in [0.15, 0.2) is 24.7 Å². The van der Waals surface area contributed by atoms with Crippen LogP contribution < -0.4 is 23.7 Å². The fourth-order valence-electron chi connectivity index (χ4n) is 10.9. The summed E-state index contributed by atoms with van der Waals surface area (Å²) in [6.45, 7) is 60.2. The van der Waals surface area contributed by atoms with E-state index in [1.54, 1.807) is 69.3 Å². The molecule has 8 aromatic carbocycles. The average molecular weight is 1630 g/mol. The number of aromatic hydroxyl groups is 3. The first-order valence-electron chi connectivity index (χ1n) is 43.7. The number of hydrogen-bond acceptors (Lipinski definition) is 14. The van der Waals surface area contributed by atoms with Crippen molar-refractivity contribution in [2.45, 2.75) is 323 Å². The maximum Gasteiger partial charge on any atom is 0.514 e. The molecule has 0 fully saturated rings. The van der Waals surface area contributed by atoms with Crippen molar-refractivity contribution in [3.05, 3.63) is 239 Å². The minimum atomic E-state index is -0.668. The highest BCUT2D eigenvalue weighted by Gasteiger charge is 2.22. The van der Waals surface area contributed by atoms with Gasteiger partial charge in [0.2, 0.25) is 0 Å². The van der Waals surface area contributed by atoms with Gasteiger partial charge in [-0.05, 0) is 296 Å². The molecule has 11 unspecified atom stereocenters. The van der Waals surface area contributed by atoms with Gasteiger partial charge in [0.1, 0.15) is 58.2 Å². The minimum Gasteiger partial charge on any atom is -0.508 e. The smallest absolute Gasteiger partial charge is 0.508 e. The van der Waals surface area contributed by atoms with E-state index < -0.39 is 11.8 Å². The first-order valence-corrected chi connectivity index (χ1v) is 43.7. The Morgan fingerprint density at radius 1 is 0.288 bits per heavy atom. The SMILES string of the molecule is CCC(C)c1ccc(O)cc1.CCC(C)c1ccc(O)cc1.CCC(C)c1ccc(O)cc1.CCC(C)c1ccc(OC(=O)OC(C)(C)C)cc1.CCC(C)c1ccc(OCC(=O)C(C)(C)C)cc1.CCOC(C)Oc1ccc(C(C)CC)cc1.CCOC(C)Oc1ccc(C(C)CC)cc1.CCOC(CC)Oc1ccc(C(C)CC)cc1. The van der Waals surface area contributed by atoms with Gasteiger partial charge >= 0.3 is 6.16 Å². The molecule has 0 spiro atoms. The minimum absolute atomic E-state index is 0.119. The van der Waals surface area contributed by atoms with Crippen LogP contribution in [0.2, 0.25) is 0 Å². The van der Waals surface area contributed by atoms with Crippen LogP contribution in [0.3, 0.4) is 0 Å². The standard InChI is InChI=1S/C16H24O2.C15H22O3.C15H24O2.2C14H22O2.3C10H14O/c1-6-12(2)13-7-9-14(10-8-13)18-11-15(17)16(3,4)5;1-6-11(2)12-7-9-13(10-8-12)17-14(16)18-15(3,4)5;1-5-12(4)13-8-10-14(11-9-13)17-15(6-2)16-7-3;2*1-5-11(3)13-7-9-14(10-8-13)16-12(4)15-6-2;3*1-3-8(2)9-4-6-10(11)7-5-9/h7-10,12H,6,11H2,1-5H3;7-11H,6H2,1-5H3;8-12,15H,5-7H2,1-4H3;2*7-12H,5-6H2,1-4H3;3*4-8,11H,3H2,1-2H3. The number of rotatable bonds is 33. The molecule has 0 saturated heterocycles. The maximum absolute atomic E-state index is 11.7. The largest absolute Gasteiger partial charge is 0.514 e. The van der Waals surface area contributed by atoms with Crippen molar-refractivity contribution in [3.63, 3.8) is 0 Å². The Labute approximate surface area is 715 Å². The highest BCUT2D eigenvalue weighted by Crippen LogP contribution is 2.30. The fourth-order valence-corrected chi connectivity index (χ4v) is 10.9. The number of benzene rings is 8. The van der Waals surface area contributed by atoms with Gasteiger partial charge in [0, 0.05) is 31.7 Å². The molecular weight excluding hydrogens is 1470 g/mol. The Morgan fingerprint density at radius 2 is 0.508 bits per heavy atom. The van der Waals surface area contributed by atoms with Crippen molar-refractivity contribution in [3.8, 4) is 46.0 Å². The Kier molecular flexibility index (Phi) is 54.3. The van der Waals surface area contributed by atoms with Gasteiger partial charge < -0.3 is 58.0 Å². The van der Waals surface area contributed by atoms with Gasteiger partial charge in [-0.15, -0.1) is 0 Å². The molecular formula is C104H156O14. The summed E-state index contributed by atoms with van der Waals surface area (Å²) in [6, 6.07) is 62.8. The molecule has 11 atom stereocenters. The number of Topliss-reactive ketones (excluding diaryl/α,β-unsaturated/α-hetero) is 1. The van der Waals surface area contributed by atoms with Crippen LogP contribution in [0, 0.1) is 5.41 Å². The summed E-state index contributed by atoms with van der Waals surface area (Å²) in [7, 11) is 0. The van der Waals surface area contributed by atoms with Gasteiger partial charge in [-0.3, -0.25) is 4.79 Å². The number of phenolic OH excluding ortho intramolecular Hbond substituents is 3. The molecule has 0 heterocycles. The van der Waals surface area contributed by atoms with Gasteiger partial charge in [-0.25, -0.2) is 4.79 Å². The second-order valence-electron chi connectivity index (χ2n) is 32.3. The van der Waals surface area contributed by atoms with Crippen molar-refractivity contribution in [2.24, 2.45) is 5.41 Å². The highest BCUT2D eigenvalue weighted by molar-refractivity contribution is 5.85. The van der Waals surface area contributed by atoms with E-state index in [9.17, 15) is 9.59 Å². The van der Waals surface area contributed by atoms with Gasteiger partial charge in [0.05, 0.1) is 0 Å². The predicted molar refractivity (Wildman–Crippen MR) is 493 cm³/mol. The number of ether oxygens (including phenoxy) is 9. The third-order valence-corrected chi connectivity index (χ3v) is 20.7. The molecule has 0 aliphatic carbocycles. The zero-order valence-electron chi connectivity index (χ0n) is 77.9. The van der Waals surface area contributed by atoms with Crippen LogP contribution in [-0.4, -0.2) is 78.2 Å². The molecule has 0 aliphatic heterocycles. The summed E-state index contributed by atoms with van der Waals surface area (Å²) < 4.78 is 48.8. The normalized spacial score (nSPS) is 13.6. The zero-order chi connectivity index (χ0) is 88.9. The first-order chi connectivity index (χ1) is 55.9. The molecule has 14 heteroatoms. The van der Waals surface area contributed by atoms with Crippen molar-refractivity contribution in [1.29, 1.82) is 0 Å². The Bertz CT molecular complexity index is 3620. The van der Waals surface area contributed by atoms with E-state index in [0.29, 0.717) is 90.2 Å². The molecule has 3 N–H and O–H groups in total. The topological polar surface area (TPSA) is 178 Å². The zero-order valence-corrected chi connectivity index (χ0v) is 77.9. The lowest BCUT2D eigenvalue weighted by Gasteiger charge is -2.18. The van der Waals surface area contributed by atoms with E-state index >= 15 is 0 Å². The van der Waals surface area contributed by atoms with Crippen molar-refractivity contribution in [1.82, 2.24) is 0 Å². The van der Waals surface area contributed by atoms with E-state index in [0.717, 1.165) is 80.8 Å². The number of ketones is 1. The maximum atomic E-state index is 11.7. The second kappa shape index (κ2) is 59.8. The molecule has 0 saturated carbocycles. The van der Waals surface area contributed by atoms with E-state index in [-0.39, 0.29) is 36.7 Å². The van der Waals surface area contributed by atoms with Gasteiger partial charge in [-0.1, -0.05) is 236 Å². The molecule has 0 amide bonds. The molecule has 118 heavy (non-hydrogen) atoms. The Balaban J connectivity index is 0.000000679. The second-order valence-corrected chi connectivity index (χ2v) is 32.3. The van der Waals surface area contributed by atoms with E-state index in [2.05, 4.69) is 166 Å². The van der Waals surface area contributed by atoms with Crippen LogP contribution >= 0.6 is 0 Å². The lowest BCUT2D eigenvalue weighted by Crippen LogP contribution is -2.26. The summed E-state index contributed by atoms with van der Waals surface area (Å²) in [5, 5.41) is 27.0. The Morgan fingerprint density at radius 3 is 0.720 bits per heavy atom. The van der Waals surface area contributed by atoms with Crippen LogP contribution in [0.15, 0.2) is 194 Å². The van der Waals surface area contributed by atoms with Gasteiger partial charge in [0.25, 0.3) is 0 Å². The highest BCUT2D eigenvalue weighted by atomic mass is 16.7. The van der Waals surface area contributed by atoms with E-state index in [1.165, 1.54) is 44.5 Å². The number of phenols is 3. The molecule has 8 aromatic rings. The summed E-state index contributed by atoms with van der Waals surface area (Å²) in [5.41, 5.74) is 9.66. The number of hydrogen-bond donors (Lipinski definition) is 3.